The van der Waals surface area contributed by atoms with E-state index in [-0.39, 0.29) is 5.91 Å². The van der Waals surface area contributed by atoms with Gasteiger partial charge in [-0.15, -0.1) is 0 Å². The molecule has 0 bridgehead atoms. The molecule has 5 nitrogen and oxygen atoms in total. The van der Waals surface area contributed by atoms with Crippen LogP contribution in [0.3, 0.4) is 0 Å². The second-order valence-electron chi connectivity index (χ2n) is 4.14. The SMILES string of the molecule is CN(C(=O)c1cnn(C)c1)c1cccc(CN)c1. The quantitative estimate of drug-likeness (QED) is 0.881. The van der Waals surface area contributed by atoms with Gasteiger partial charge in [0.2, 0.25) is 0 Å². The highest BCUT2D eigenvalue weighted by Crippen LogP contribution is 2.16. The van der Waals surface area contributed by atoms with Crippen molar-refractivity contribution in [1.82, 2.24) is 9.78 Å². The Morgan fingerprint density at radius 2 is 2.28 bits per heavy atom. The van der Waals surface area contributed by atoms with Gasteiger partial charge in [0, 0.05) is 32.5 Å². The van der Waals surface area contributed by atoms with Crippen LogP contribution < -0.4 is 10.6 Å². The van der Waals surface area contributed by atoms with Gasteiger partial charge in [0.1, 0.15) is 0 Å². The summed E-state index contributed by atoms with van der Waals surface area (Å²) in [6, 6.07) is 7.62. The van der Waals surface area contributed by atoms with Crippen LogP contribution in [0.2, 0.25) is 0 Å². The number of hydrogen-bond donors (Lipinski definition) is 1. The second-order valence-corrected chi connectivity index (χ2v) is 4.14. The number of carbonyl (C=O) groups is 1. The summed E-state index contributed by atoms with van der Waals surface area (Å²) in [5.41, 5.74) is 7.98. The van der Waals surface area contributed by atoms with Crippen molar-refractivity contribution in [3.05, 3.63) is 47.8 Å². The van der Waals surface area contributed by atoms with Crippen LogP contribution in [-0.4, -0.2) is 22.7 Å². The number of nitrogens with zero attached hydrogens (tertiary/aromatic N) is 3. The van der Waals surface area contributed by atoms with Gasteiger partial charge in [-0.1, -0.05) is 12.1 Å². The van der Waals surface area contributed by atoms with E-state index >= 15 is 0 Å². The molecular formula is C13H16N4O. The molecule has 2 aromatic rings. The molecule has 0 aliphatic rings. The highest BCUT2D eigenvalue weighted by atomic mass is 16.2. The Morgan fingerprint density at radius 1 is 1.50 bits per heavy atom. The summed E-state index contributed by atoms with van der Waals surface area (Å²) in [5, 5.41) is 4.00. The molecule has 5 heteroatoms. The molecule has 0 radical (unpaired) electrons. The number of rotatable bonds is 3. The van der Waals surface area contributed by atoms with E-state index < -0.39 is 0 Å². The number of amides is 1. The van der Waals surface area contributed by atoms with E-state index in [1.807, 2.05) is 24.3 Å². The molecule has 18 heavy (non-hydrogen) atoms. The Bertz CT molecular complexity index is 562. The first kappa shape index (κ1) is 12.3. The fourth-order valence-corrected chi connectivity index (χ4v) is 1.73. The van der Waals surface area contributed by atoms with E-state index in [1.54, 1.807) is 36.1 Å². The predicted octanol–water partition coefficient (Wildman–Crippen LogP) is 1.16. The molecule has 0 saturated heterocycles. The third kappa shape index (κ3) is 2.41. The summed E-state index contributed by atoms with van der Waals surface area (Å²) in [6.45, 7) is 0.461. The zero-order valence-electron chi connectivity index (χ0n) is 10.5. The fourth-order valence-electron chi connectivity index (χ4n) is 1.73. The first-order chi connectivity index (χ1) is 8.61. The number of carbonyl (C=O) groups excluding carboxylic acids is 1. The van der Waals surface area contributed by atoms with Gasteiger partial charge in [0.05, 0.1) is 11.8 Å². The van der Waals surface area contributed by atoms with Crippen LogP contribution in [0.1, 0.15) is 15.9 Å². The normalized spacial score (nSPS) is 10.4. The fraction of sp³-hybridized carbons (Fsp3) is 0.231. The third-order valence-corrected chi connectivity index (χ3v) is 2.79. The van der Waals surface area contributed by atoms with Gasteiger partial charge in [-0.2, -0.15) is 5.10 Å². The summed E-state index contributed by atoms with van der Waals surface area (Å²) in [7, 11) is 3.52. The average molecular weight is 244 g/mol. The smallest absolute Gasteiger partial charge is 0.261 e. The highest BCUT2D eigenvalue weighted by Gasteiger charge is 2.15. The van der Waals surface area contributed by atoms with E-state index in [9.17, 15) is 4.79 Å². The Kier molecular flexibility index (Phi) is 3.43. The van der Waals surface area contributed by atoms with Crippen LogP contribution in [0.5, 0.6) is 0 Å². The molecule has 0 unspecified atom stereocenters. The minimum absolute atomic E-state index is 0.0859. The molecule has 94 valence electrons. The Labute approximate surface area is 106 Å². The topological polar surface area (TPSA) is 64.2 Å². The van der Waals surface area contributed by atoms with Crippen molar-refractivity contribution in [3.63, 3.8) is 0 Å². The van der Waals surface area contributed by atoms with E-state index in [0.717, 1.165) is 11.3 Å². The maximum atomic E-state index is 12.2. The van der Waals surface area contributed by atoms with Gasteiger partial charge in [-0.25, -0.2) is 0 Å². The number of aryl methyl sites for hydroxylation is 1. The van der Waals surface area contributed by atoms with Crippen molar-refractivity contribution in [2.24, 2.45) is 12.8 Å². The number of nitrogens with two attached hydrogens (primary N) is 1. The molecule has 2 N–H and O–H groups in total. The van der Waals surface area contributed by atoms with Crippen LogP contribution >= 0.6 is 0 Å². The van der Waals surface area contributed by atoms with E-state index in [2.05, 4.69) is 5.10 Å². The lowest BCUT2D eigenvalue weighted by Crippen LogP contribution is -2.26. The van der Waals surface area contributed by atoms with Gasteiger partial charge in [0.25, 0.3) is 5.91 Å². The summed E-state index contributed by atoms with van der Waals surface area (Å²) in [5.74, 6) is -0.0859. The van der Waals surface area contributed by atoms with Crippen LogP contribution in [0.4, 0.5) is 5.69 Å². The summed E-state index contributed by atoms with van der Waals surface area (Å²) in [6.07, 6.45) is 3.26. The van der Waals surface area contributed by atoms with Gasteiger partial charge < -0.3 is 10.6 Å². The molecule has 1 amide bonds. The zero-order chi connectivity index (χ0) is 13.1. The molecule has 0 spiro atoms. The van der Waals surface area contributed by atoms with Crippen LogP contribution in [0.15, 0.2) is 36.7 Å². The number of aromatic nitrogens is 2. The lowest BCUT2D eigenvalue weighted by atomic mass is 10.2. The largest absolute Gasteiger partial charge is 0.326 e. The van der Waals surface area contributed by atoms with Gasteiger partial charge in [-0.3, -0.25) is 9.48 Å². The maximum Gasteiger partial charge on any atom is 0.261 e. The first-order valence-electron chi connectivity index (χ1n) is 5.67. The molecule has 0 atom stereocenters. The Balaban J connectivity index is 2.25. The average Bonchev–Trinajstić information content (AvgIpc) is 2.83. The Morgan fingerprint density at radius 3 is 2.89 bits per heavy atom. The van der Waals surface area contributed by atoms with Gasteiger partial charge >= 0.3 is 0 Å². The van der Waals surface area contributed by atoms with Crippen molar-refractivity contribution >= 4 is 11.6 Å². The third-order valence-electron chi connectivity index (χ3n) is 2.79. The highest BCUT2D eigenvalue weighted by molar-refractivity contribution is 6.05. The Hall–Kier alpha value is -2.14. The van der Waals surface area contributed by atoms with Crippen molar-refractivity contribution in [2.75, 3.05) is 11.9 Å². The molecule has 1 aromatic carbocycles. The molecule has 0 saturated carbocycles. The number of benzene rings is 1. The maximum absolute atomic E-state index is 12.2. The van der Waals surface area contributed by atoms with Gasteiger partial charge in [0.15, 0.2) is 0 Å². The van der Waals surface area contributed by atoms with E-state index in [1.165, 1.54) is 0 Å². The second kappa shape index (κ2) is 5.01. The van der Waals surface area contributed by atoms with E-state index in [0.29, 0.717) is 12.1 Å². The molecule has 0 aliphatic heterocycles. The summed E-state index contributed by atoms with van der Waals surface area (Å²) < 4.78 is 1.61. The standard InChI is InChI=1S/C13H16N4O/c1-16-9-11(8-15-16)13(18)17(2)12-5-3-4-10(6-12)7-14/h3-6,8-9H,7,14H2,1-2H3. The number of anilines is 1. The summed E-state index contributed by atoms with van der Waals surface area (Å²) >= 11 is 0. The molecule has 1 heterocycles. The lowest BCUT2D eigenvalue weighted by Gasteiger charge is -2.17. The molecule has 0 fully saturated rings. The van der Waals surface area contributed by atoms with Gasteiger partial charge in [-0.05, 0) is 17.7 Å². The van der Waals surface area contributed by atoms with Crippen LogP contribution in [-0.2, 0) is 13.6 Å². The van der Waals surface area contributed by atoms with Crippen LogP contribution in [0.25, 0.3) is 0 Å². The lowest BCUT2D eigenvalue weighted by molar-refractivity contribution is 0.0993. The zero-order valence-corrected chi connectivity index (χ0v) is 10.5. The monoisotopic (exact) mass is 244 g/mol. The van der Waals surface area contributed by atoms with Crippen molar-refractivity contribution in [1.29, 1.82) is 0 Å². The van der Waals surface area contributed by atoms with E-state index in [4.69, 9.17) is 5.73 Å². The summed E-state index contributed by atoms with van der Waals surface area (Å²) in [4.78, 5) is 13.8. The minimum atomic E-state index is -0.0859. The molecular weight excluding hydrogens is 228 g/mol. The minimum Gasteiger partial charge on any atom is -0.326 e. The molecule has 1 aromatic heterocycles. The van der Waals surface area contributed by atoms with Crippen molar-refractivity contribution in [2.45, 2.75) is 6.54 Å². The number of hydrogen-bond acceptors (Lipinski definition) is 3. The molecule has 0 aliphatic carbocycles. The van der Waals surface area contributed by atoms with Crippen LogP contribution in [0, 0.1) is 0 Å². The van der Waals surface area contributed by atoms with Crippen molar-refractivity contribution in [3.8, 4) is 0 Å². The predicted molar refractivity (Wildman–Crippen MR) is 70.3 cm³/mol. The first-order valence-corrected chi connectivity index (χ1v) is 5.67. The molecule has 2 rings (SSSR count). The van der Waals surface area contributed by atoms with Crippen molar-refractivity contribution < 1.29 is 4.79 Å².